The van der Waals surface area contributed by atoms with Crippen molar-refractivity contribution in [2.75, 3.05) is 31.1 Å². The van der Waals surface area contributed by atoms with Crippen molar-refractivity contribution in [1.82, 2.24) is 24.2 Å². The Morgan fingerprint density at radius 2 is 2.04 bits per heavy atom. The van der Waals surface area contributed by atoms with Crippen molar-refractivity contribution in [2.24, 2.45) is 0 Å². The standard InChI is InChI=1S/C18H23N7S/c1-2-24-17(15-3-4-15)21-25(18(24)26)13-22-7-9-23(10-8-22)16-11-14(12-19)5-6-20-16/h5-6,11,15H,2-4,7-10,13H2,1H3. The van der Waals surface area contributed by atoms with E-state index in [4.69, 9.17) is 22.6 Å². The van der Waals surface area contributed by atoms with Gasteiger partial charge in [0, 0.05) is 44.8 Å². The van der Waals surface area contributed by atoms with Gasteiger partial charge >= 0.3 is 0 Å². The molecule has 0 unspecified atom stereocenters. The Balaban J connectivity index is 1.41. The predicted molar refractivity (Wildman–Crippen MR) is 101 cm³/mol. The van der Waals surface area contributed by atoms with Gasteiger partial charge < -0.3 is 9.47 Å². The molecule has 2 aromatic heterocycles. The van der Waals surface area contributed by atoms with Gasteiger partial charge in [-0.15, -0.1) is 0 Å². The lowest BCUT2D eigenvalue weighted by Gasteiger charge is -2.35. The van der Waals surface area contributed by atoms with Crippen molar-refractivity contribution in [3.8, 4) is 6.07 Å². The van der Waals surface area contributed by atoms with Gasteiger partial charge in [0.25, 0.3) is 0 Å². The minimum absolute atomic E-state index is 0.605. The van der Waals surface area contributed by atoms with Crippen LogP contribution >= 0.6 is 12.2 Å². The summed E-state index contributed by atoms with van der Waals surface area (Å²) in [5, 5.41) is 13.9. The van der Waals surface area contributed by atoms with E-state index in [1.54, 1.807) is 12.3 Å². The molecule has 0 N–H and O–H groups in total. The SMILES string of the molecule is CCn1c(C2CC2)nn(CN2CCN(c3cc(C#N)ccn3)CC2)c1=S. The molecular formula is C18H23N7S. The highest BCUT2D eigenvalue weighted by Crippen LogP contribution is 2.39. The van der Waals surface area contributed by atoms with E-state index in [-0.39, 0.29) is 0 Å². The molecule has 2 fully saturated rings. The third kappa shape index (κ3) is 3.37. The molecule has 1 saturated heterocycles. The summed E-state index contributed by atoms with van der Waals surface area (Å²) < 4.78 is 5.00. The number of nitrogens with zero attached hydrogens (tertiary/aromatic N) is 7. The molecule has 3 heterocycles. The van der Waals surface area contributed by atoms with Gasteiger partial charge in [-0.1, -0.05) is 0 Å². The molecule has 0 bridgehead atoms. The molecule has 0 spiro atoms. The van der Waals surface area contributed by atoms with Crippen molar-refractivity contribution in [3.63, 3.8) is 0 Å². The van der Waals surface area contributed by atoms with Gasteiger partial charge in [-0.05, 0) is 44.1 Å². The summed E-state index contributed by atoms with van der Waals surface area (Å²) in [7, 11) is 0. The average Bonchev–Trinajstić information content (AvgIpc) is 3.48. The van der Waals surface area contributed by atoms with Crippen LogP contribution in [0.5, 0.6) is 0 Å². The number of pyridine rings is 1. The van der Waals surface area contributed by atoms with Crippen LogP contribution in [0.1, 0.15) is 37.1 Å². The molecule has 4 rings (SSSR count). The Hall–Kier alpha value is -2.24. The number of hydrogen-bond donors (Lipinski definition) is 0. The summed E-state index contributed by atoms with van der Waals surface area (Å²) >= 11 is 5.64. The summed E-state index contributed by atoms with van der Waals surface area (Å²) in [6, 6.07) is 5.78. The quantitative estimate of drug-likeness (QED) is 0.754. The van der Waals surface area contributed by atoms with Gasteiger partial charge in [-0.3, -0.25) is 4.90 Å². The van der Waals surface area contributed by atoms with E-state index in [9.17, 15) is 0 Å². The minimum Gasteiger partial charge on any atom is -0.354 e. The average molecular weight is 369 g/mol. The number of hydrogen-bond acceptors (Lipinski definition) is 6. The Kier molecular flexibility index (Phi) is 4.74. The first kappa shape index (κ1) is 17.2. The van der Waals surface area contributed by atoms with E-state index >= 15 is 0 Å². The van der Waals surface area contributed by atoms with Crippen LogP contribution < -0.4 is 4.90 Å². The second-order valence-electron chi connectivity index (χ2n) is 6.92. The normalized spacial score (nSPS) is 18.1. The maximum atomic E-state index is 9.05. The second-order valence-corrected chi connectivity index (χ2v) is 7.29. The molecule has 0 amide bonds. The number of piperazine rings is 1. The molecule has 8 heteroatoms. The monoisotopic (exact) mass is 369 g/mol. The van der Waals surface area contributed by atoms with Crippen LogP contribution in [0.25, 0.3) is 0 Å². The molecule has 0 aromatic carbocycles. The van der Waals surface area contributed by atoms with E-state index in [1.165, 1.54) is 12.8 Å². The fraction of sp³-hybridized carbons (Fsp3) is 0.556. The molecule has 0 radical (unpaired) electrons. The van der Waals surface area contributed by atoms with Gasteiger partial charge in [0.15, 0.2) is 4.77 Å². The van der Waals surface area contributed by atoms with Crippen LogP contribution in [-0.2, 0) is 13.2 Å². The molecular weight excluding hydrogens is 346 g/mol. The Morgan fingerprint density at radius 3 is 2.69 bits per heavy atom. The van der Waals surface area contributed by atoms with Crippen LogP contribution in [-0.4, -0.2) is 50.4 Å². The summed E-state index contributed by atoms with van der Waals surface area (Å²) in [5.74, 6) is 2.65. The Labute approximate surface area is 158 Å². The van der Waals surface area contributed by atoms with Gasteiger partial charge in [-0.25, -0.2) is 9.67 Å². The first-order chi connectivity index (χ1) is 12.7. The summed E-state index contributed by atoms with van der Waals surface area (Å²) in [4.78, 5) is 9.02. The van der Waals surface area contributed by atoms with Crippen molar-refractivity contribution in [1.29, 1.82) is 5.26 Å². The van der Waals surface area contributed by atoms with Gasteiger partial charge in [0.1, 0.15) is 11.6 Å². The van der Waals surface area contributed by atoms with Crippen molar-refractivity contribution < 1.29 is 0 Å². The highest BCUT2D eigenvalue weighted by Gasteiger charge is 2.30. The lowest BCUT2D eigenvalue weighted by Crippen LogP contribution is -2.47. The maximum Gasteiger partial charge on any atom is 0.199 e. The topological polar surface area (TPSA) is 65.9 Å². The van der Waals surface area contributed by atoms with E-state index in [0.29, 0.717) is 11.5 Å². The number of aromatic nitrogens is 4. The third-order valence-electron chi connectivity index (χ3n) is 5.11. The largest absolute Gasteiger partial charge is 0.354 e. The Bertz CT molecular complexity index is 882. The van der Waals surface area contributed by atoms with Crippen molar-refractivity contribution >= 4 is 18.0 Å². The van der Waals surface area contributed by atoms with Crippen molar-refractivity contribution in [2.45, 2.75) is 38.9 Å². The highest BCUT2D eigenvalue weighted by atomic mass is 32.1. The molecule has 2 aromatic rings. The first-order valence-corrected chi connectivity index (χ1v) is 9.61. The van der Waals surface area contributed by atoms with Crippen LogP contribution in [0, 0.1) is 16.1 Å². The molecule has 136 valence electrons. The number of nitriles is 1. The molecule has 2 aliphatic rings. The van der Waals surface area contributed by atoms with Gasteiger partial charge in [0.05, 0.1) is 18.3 Å². The smallest absolute Gasteiger partial charge is 0.199 e. The summed E-state index contributed by atoms with van der Waals surface area (Å²) in [5.41, 5.74) is 0.654. The fourth-order valence-electron chi connectivity index (χ4n) is 3.46. The van der Waals surface area contributed by atoms with Crippen molar-refractivity contribution in [3.05, 3.63) is 34.5 Å². The maximum absolute atomic E-state index is 9.05. The van der Waals surface area contributed by atoms with E-state index in [1.807, 2.05) is 10.7 Å². The van der Waals surface area contributed by atoms with Crippen LogP contribution in [0.15, 0.2) is 18.3 Å². The van der Waals surface area contributed by atoms with Gasteiger partial charge in [0.2, 0.25) is 0 Å². The molecule has 7 nitrogen and oxygen atoms in total. The van der Waals surface area contributed by atoms with E-state index in [0.717, 1.165) is 55.8 Å². The van der Waals surface area contributed by atoms with Gasteiger partial charge in [-0.2, -0.15) is 10.4 Å². The predicted octanol–water partition coefficient (Wildman–Crippen LogP) is 2.36. The zero-order chi connectivity index (χ0) is 18.1. The lowest BCUT2D eigenvalue weighted by molar-refractivity contribution is 0.193. The fourth-order valence-corrected chi connectivity index (χ4v) is 3.78. The summed E-state index contributed by atoms with van der Waals surface area (Å²) in [6.45, 7) is 7.40. The van der Waals surface area contributed by atoms with Crippen LogP contribution in [0.4, 0.5) is 5.82 Å². The molecule has 1 saturated carbocycles. The minimum atomic E-state index is 0.605. The zero-order valence-electron chi connectivity index (χ0n) is 15.0. The summed E-state index contributed by atoms with van der Waals surface area (Å²) in [6.07, 6.45) is 4.18. The number of anilines is 1. The molecule has 1 aliphatic heterocycles. The highest BCUT2D eigenvalue weighted by molar-refractivity contribution is 7.71. The zero-order valence-corrected chi connectivity index (χ0v) is 15.8. The Morgan fingerprint density at radius 1 is 1.27 bits per heavy atom. The van der Waals surface area contributed by atoms with E-state index in [2.05, 4.69) is 32.3 Å². The molecule has 0 atom stereocenters. The van der Waals surface area contributed by atoms with Crippen LogP contribution in [0.2, 0.25) is 0 Å². The van der Waals surface area contributed by atoms with Crippen LogP contribution in [0.3, 0.4) is 0 Å². The molecule has 26 heavy (non-hydrogen) atoms. The molecule has 1 aliphatic carbocycles. The first-order valence-electron chi connectivity index (χ1n) is 9.20. The number of rotatable bonds is 5. The van der Waals surface area contributed by atoms with E-state index < -0.39 is 0 Å². The second kappa shape index (κ2) is 7.17. The lowest BCUT2D eigenvalue weighted by atomic mass is 10.2. The third-order valence-corrected chi connectivity index (χ3v) is 5.55.